The summed E-state index contributed by atoms with van der Waals surface area (Å²) in [5.74, 6) is -5.02. The molecule has 1 rings (SSSR count). The summed E-state index contributed by atoms with van der Waals surface area (Å²) in [7, 11) is 0. The van der Waals surface area contributed by atoms with E-state index in [2.05, 4.69) is 0 Å². The molecule has 0 bridgehead atoms. The highest BCUT2D eigenvalue weighted by atomic mass is 19.3. The van der Waals surface area contributed by atoms with Gasteiger partial charge in [-0.2, -0.15) is 0 Å². The van der Waals surface area contributed by atoms with Crippen LogP contribution in [-0.2, 0) is 9.59 Å². The summed E-state index contributed by atoms with van der Waals surface area (Å²) < 4.78 is 27.8. The molecule has 0 aromatic heterocycles. The van der Waals surface area contributed by atoms with Crippen LogP contribution in [0.5, 0.6) is 0 Å². The zero-order valence-electron chi connectivity index (χ0n) is 15.9. The largest absolute Gasteiger partial charge is 0.481 e. The van der Waals surface area contributed by atoms with Gasteiger partial charge in [-0.15, -0.1) is 0 Å². The van der Waals surface area contributed by atoms with Crippen molar-refractivity contribution in [2.45, 2.75) is 89.3 Å². The number of aliphatic carboxylic acids is 1. The molecule has 0 aromatic rings. The normalized spacial score (nSPS) is 24.6. The fourth-order valence-electron chi connectivity index (χ4n) is 3.58. The fourth-order valence-corrected chi connectivity index (χ4v) is 3.58. The number of carbonyl (C=O) groups is 2. The topological polar surface area (TPSA) is 94.8 Å². The van der Waals surface area contributed by atoms with Crippen LogP contribution >= 0.6 is 0 Å². The average Bonchev–Trinajstić information content (AvgIpc) is 2.86. The Bertz CT molecular complexity index is 507. The predicted molar refractivity (Wildman–Crippen MR) is 97.6 cm³/mol. The summed E-state index contributed by atoms with van der Waals surface area (Å²) in [4.78, 5) is 22.6. The number of aliphatic hydroxyl groups is 2. The SMILES string of the molecule is CCCCC(F)(F)[C@H](O)CC[C@H]1C(=O)C[C@H](O)[C@@H]1CC=CCCCC(=O)O. The summed E-state index contributed by atoms with van der Waals surface area (Å²) in [5.41, 5.74) is 0. The van der Waals surface area contributed by atoms with Gasteiger partial charge in [-0.3, -0.25) is 9.59 Å². The summed E-state index contributed by atoms with van der Waals surface area (Å²) >= 11 is 0. The van der Waals surface area contributed by atoms with Gasteiger partial charge in [-0.25, -0.2) is 8.78 Å². The van der Waals surface area contributed by atoms with Gasteiger partial charge in [0.15, 0.2) is 0 Å². The number of rotatable bonds is 13. The molecule has 0 heterocycles. The number of unbranched alkanes of at least 4 members (excludes halogenated alkanes) is 2. The number of allylic oxidation sites excluding steroid dienone is 2. The van der Waals surface area contributed by atoms with E-state index in [1.54, 1.807) is 6.92 Å². The third-order valence-electron chi connectivity index (χ3n) is 5.27. The minimum Gasteiger partial charge on any atom is -0.481 e. The van der Waals surface area contributed by atoms with Crippen molar-refractivity contribution >= 4 is 11.8 Å². The van der Waals surface area contributed by atoms with Crippen molar-refractivity contribution in [1.82, 2.24) is 0 Å². The highest BCUT2D eigenvalue weighted by molar-refractivity contribution is 5.84. The Morgan fingerprint density at radius 1 is 1.33 bits per heavy atom. The van der Waals surface area contributed by atoms with Gasteiger partial charge in [0.1, 0.15) is 11.9 Å². The quantitative estimate of drug-likeness (QED) is 0.329. The molecule has 156 valence electrons. The molecule has 0 amide bonds. The van der Waals surface area contributed by atoms with E-state index in [0.29, 0.717) is 32.1 Å². The molecule has 1 aliphatic carbocycles. The number of ketones is 1. The lowest BCUT2D eigenvalue weighted by molar-refractivity contribution is -0.137. The number of carbonyl (C=O) groups excluding carboxylic acids is 1. The molecule has 0 radical (unpaired) electrons. The second-order valence-corrected chi connectivity index (χ2v) is 7.46. The fraction of sp³-hybridized carbons (Fsp3) is 0.800. The molecule has 1 saturated carbocycles. The number of hydrogen-bond acceptors (Lipinski definition) is 4. The molecular formula is C20H32F2O5. The van der Waals surface area contributed by atoms with Crippen molar-refractivity contribution in [2.24, 2.45) is 11.8 Å². The van der Waals surface area contributed by atoms with Gasteiger partial charge in [-0.1, -0.05) is 25.5 Å². The number of carboxylic acids is 1. The molecule has 27 heavy (non-hydrogen) atoms. The monoisotopic (exact) mass is 390 g/mol. The summed E-state index contributed by atoms with van der Waals surface area (Å²) in [6, 6.07) is 0. The number of aliphatic hydroxyl groups excluding tert-OH is 2. The van der Waals surface area contributed by atoms with E-state index in [1.165, 1.54) is 0 Å². The van der Waals surface area contributed by atoms with Crippen LogP contribution in [0.1, 0.15) is 71.1 Å². The molecule has 5 nitrogen and oxygen atoms in total. The molecule has 1 aliphatic rings. The van der Waals surface area contributed by atoms with Gasteiger partial charge >= 0.3 is 5.97 Å². The molecule has 0 aliphatic heterocycles. The van der Waals surface area contributed by atoms with Crippen LogP contribution in [0.3, 0.4) is 0 Å². The smallest absolute Gasteiger partial charge is 0.303 e. The van der Waals surface area contributed by atoms with Crippen molar-refractivity contribution in [3.63, 3.8) is 0 Å². The van der Waals surface area contributed by atoms with Crippen LogP contribution < -0.4 is 0 Å². The van der Waals surface area contributed by atoms with Crippen LogP contribution in [-0.4, -0.2) is 45.2 Å². The Hall–Kier alpha value is -1.34. The molecule has 0 aromatic carbocycles. The minimum atomic E-state index is -3.16. The van der Waals surface area contributed by atoms with Crippen molar-refractivity contribution in [3.8, 4) is 0 Å². The Labute approximate surface area is 159 Å². The van der Waals surface area contributed by atoms with Crippen LogP contribution in [0.25, 0.3) is 0 Å². The molecule has 7 heteroatoms. The third-order valence-corrected chi connectivity index (χ3v) is 5.27. The van der Waals surface area contributed by atoms with Gasteiger partial charge in [0, 0.05) is 25.2 Å². The molecule has 0 unspecified atom stereocenters. The zero-order valence-corrected chi connectivity index (χ0v) is 15.9. The summed E-state index contributed by atoms with van der Waals surface area (Å²) in [6.07, 6.45) is 3.26. The lowest BCUT2D eigenvalue weighted by Gasteiger charge is -2.25. The standard InChI is InChI=1S/C20H32F2O5/c1-2-3-12-20(21,22)18(25)11-10-15-14(16(23)13-17(15)24)8-6-4-5-7-9-19(26)27/h4,6,14-16,18,23,25H,2-3,5,7-13H2,1H3,(H,26,27)/t14-,15-,16+,18-/m1/s1. The van der Waals surface area contributed by atoms with Crippen LogP contribution in [0, 0.1) is 11.8 Å². The van der Waals surface area contributed by atoms with E-state index in [0.717, 1.165) is 0 Å². The van der Waals surface area contributed by atoms with E-state index >= 15 is 0 Å². The Balaban J connectivity index is 2.52. The molecule has 3 N–H and O–H groups in total. The number of alkyl halides is 2. The minimum absolute atomic E-state index is 0.0184. The lowest BCUT2D eigenvalue weighted by Crippen LogP contribution is -2.34. The summed E-state index contributed by atoms with van der Waals surface area (Å²) in [6.45, 7) is 1.81. The van der Waals surface area contributed by atoms with Crippen LogP contribution in [0.15, 0.2) is 12.2 Å². The second-order valence-electron chi connectivity index (χ2n) is 7.46. The second kappa shape index (κ2) is 11.5. The number of carboxylic acid groups (broad SMARTS) is 1. The Kier molecular flexibility index (Phi) is 10.1. The maximum Gasteiger partial charge on any atom is 0.303 e. The van der Waals surface area contributed by atoms with Crippen LogP contribution in [0.4, 0.5) is 8.78 Å². The van der Waals surface area contributed by atoms with Crippen molar-refractivity contribution < 1.29 is 33.7 Å². The maximum absolute atomic E-state index is 13.9. The first-order valence-corrected chi connectivity index (χ1v) is 9.82. The van der Waals surface area contributed by atoms with Gasteiger partial charge in [0.2, 0.25) is 0 Å². The molecule has 0 spiro atoms. The first-order chi connectivity index (χ1) is 12.7. The number of Topliss-reactive ketones (excluding diaryl/α,β-unsaturated/α-hetero) is 1. The van der Waals surface area contributed by atoms with Gasteiger partial charge in [-0.05, 0) is 44.4 Å². The Morgan fingerprint density at radius 3 is 2.67 bits per heavy atom. The number of halogens is 2. The lowest BCUT2D eigenvalue weighted by atomic mass is 9.85. The highest BCUT2D eigenvalue weighted by Crippen LogP contribution is 2.37. The molecule has 0 saturated heterocycles. The highest BCUT2D eigenvalue weighted by Gasteiger charge is 2.43. The maximum atomic E-state index is 13.9. The van der Waals surface area contributed by atoms with E-state index in [-0.39, 0.29) is 43.8 Å². The molecule has 4 atom stereocenters. The third kappa shape index (κ3) is 8.05. The van der Waals surface area contributed by atoms with Gasteiger partial charge < -0.3 is 15.3 Å². The van der Waals surface area contributed by atoms with E-state index < -0.39 is 30.0 Å². The van der Waals surface area contributed by atoms with Crippen molar-refractivity contribution in [1.29, 1.82) is 0 Å². The average molecular weight is 390 g/mol. The molecular weight excluding hydrogens is 358 g/mol. The zero-order chi connectivity index (χ0) is 20.4. The van der Waals surface area contributed by atoms with Crippen LogP contribution in [0.2, 0.25) is 0 Å². The van der Waals surface area contributed by atoms with Crippen molar-refractivity contribution in [3.05, 3.63) is 12.2 Å². The van der Waals surface area contributed by atoms with E-state index in [9.17, 15) is 28.6 Å². The van der Waals surface area contributed by atoms with E-state index in [1.807, 2.05) is 12.2 Å². The van der Waals surface area contributed by atoms with Crippen molar-refractivity contribution in [2.75, 3.05) is 0 Å². The first kappa shape index (κ1) is 23.7. The summed E-state index contributed by atoms with van der Waals surface area (Å²) in [5, 5.41) is 28.5. The Morgan fingerprint density at radius 2 is 2.04 bits per heavy atom. The number of hydrogen-bond donors (Lipinski definition) is 3. The van der Waals surface area contributed by atoms with Gasteiger partial charge in [0.25, 0.3) is 5.92 Å². The predicted octanol–water partition coefficient (Wildman–Crippen LogP) is 3.72. The first-order valence-electron chi connectivity index (χ1n) is 9.82. The van der Waals surface area contributed by atoms with Gasteiger partial charge in [0.05, 0.1) is 6.10 Å². The van der Waals surface area contributed by atoms with E-state index in [4.69, 9.17) is 5.11 Å². The molecule has 1 fully saturated rings.